The third kappa shape index (κ3) is 2.33. The van der Waals surface area contributed by atoms with Gasteiger partial charge in [-0.15, -0.1) is 0 Å². The molecule has 0 bridgehead atoms. The second kappa shape index (κ2) is 4.52. The molecule has 0 aromatic heterocycles. The molecule has 0 N–H and O–H groups in total. The minimum Gasteiger partial charge on any atom is -0.416 e. The van der Waals surface area contributed by atoms with E-state index in [2.05, 4.69) is 11.3 Å². The van der Waals surface area contributed by atoms with Crippen LogP contribution in [0.25, 0.3) is 0 Å². The maximum atomic E-state index is 13.1. The van der Waals surface area contributed by atoms with Gasteiger partial charge < -0.3 is 4.74 Å². The Balaban J connectivity index is 3.35. The van der Waals surface area contributed by atoms with Crippen molar-refractivity contribution in [3.63, 3.8) is 0 Å². The Kier molecular flexibility index (Phi) is 3.09. The van der Waals surface area contributed by atoms with Crippen molar-refractivity contribution in [1.29, 1.82) is 0 Å². The Morgan fingerprint density at radius 3 is 2.12 bits per heavy atom. The summed E-state index contributed by atoms with van der Waals surface area (Å²) in [5.41, 5.74) is 0. The summed E-state index contributed by atoms with van der Waals surface area (Å²) in [5, 5.41) is -0.737. The molecule has 7 heteroatoms. The van der Waals surface area contributed by atoms with Crippen LogP contribution >= 0.6 is 11.6 Å². The highest BCUT2D eigenvalue weighted by Crippen LogP contribution is 2.27. The van der Waals surface area contributed by atoms with Crippen LogP contribution in [-0.4, -0.2) is 5.97 Å². The summed E-state index contributed by atoms with van der Waals surface area (Å²) in [5.74, 6) is -11.0. The summed E-state index contributed by atoms with van der Waals surface area (Å²) < 4.78 is 62.5. The molecule has 0 unspecified atom stereocenters. The molecule has 0 aliphatic carbocycles. The lowest BCUT2D eigenvalue weighted by atomic mass is 10.3. The fourth-order valence-corrected chi connectivity index (χ4v) is 0.778. The van der Waals surface area contributed by atoms with Crippen LogP contribution < -0.4 is 4.74 Å². The van der Waals surface area contributed by atoms with Gasteiger partial charge in [0, 0.05) is 6.04 Å². The van der Waals surface area contributed by atoms with Crippen molar-refractivity contribution in [1.82, 2.24) is 0 Å². The number of hydrogen-bond donors (Lipinski definition) is 0. The monoisotopic (exact) mass is 255 g/mol. The number of hydrogen-bond acceptors (Lipinski definition) is 2. The lowest BCUT2D eigenvalue weighted by Gasteiger charge is -2.06. The fourth-order valence-electron chi connectivity index (χ4n) is 0.739. The number of ether oxygens (including phenoxy) is 1. The number of halogens is 5. The van der Waals surface area contributed by atoms with E-state index < -0.39 is 46.1 Å². The first kappa shape index (κ1) is 10.9. The predicted molar refractivity (Wildman–Crippen MR) is 46.9 cm³/mol. The maximum Gasteiger partial charge on any atom is 0.354 e. The van der Waals surface area contributed by atoms with Gasteiger partial charge in [0.1, 0.15) is 5.03 Å². The van der Waals surface area contributed by atoms with Crippen LogP contribution in [0.2, 0.25) is 0 Å². The highest BCUT2D eigenvalue weighted by atomic mass is 35.5. The lowest BCUT2D eigenvalue weighted by molar-refractivity contribution is -0.129. The van der Waals surface area contributed by atoms with Gasteiger partial charge in [-0.1, -0.05) is 18.2 Å². The Morgan fingerprint density at radius 2 is 1.75 bits per heavy atom. The molecule has 1 aromatic rings. The molecule has 0 amide bonds. The Bertz CT molecular complexity index is 489. The molecule has 16 heavy (non-hydrogen) atoms. The van der Waals surface area contributed by atoms with Crippen molar-refractivity contribution in [3.05, 3.63) is 40.9 Å². The Labute approximate surface area is 93.5 Å². The van der Waals surface area contributed by atoms with Crippen LogP contribution in [0.15, 0.2) is 17.7 Å². The lowest BCUT2D eigenvalue weighted by Crippen LogP contribution is -2.11. The molecule has 1 aromatic carbocycles. The summed E-state index contributed by atoms with van der Waals surface area (Å²) in [4.78, 5) is 10.8. The van der Waals surface area contributed by atoms with Gasteiger partial charge in [0.15, 0.2) is 11.6 Å². The largest absolute Gasteiger partial charge is 0.416 e. The van der Waals surface area contributed by atoms with Crippen LogP contribution in [0.4, 0.5) is 17.6 Å². The van der Waals surface area contributed by atoms with Crippen molar-refractivity contribution in [2.75, 3.05) is 0 Å². The predicted octanol–water partition coefficient (Wildman–Crippen LogP) is 2.90. The summed E-state index contributed by atoms with van der Waals surface area (Å²) in [6, 6.07) is -1.61. The molecule has 1 rings (SSSR count). The van der Waals surface area contributed by atoms with E-state index in [1.165, 1.54) is 0 Å². The highest BCUT2D eigenvalue weighted by Gasteiger charge is 2.23. The molecule has 0 aliphatic heterocycles. The second-order valence-corrected chi connectivity index (χ2v) is 2.96. The zero-order valence-electron chi connectivity index (χ0n) is 8.41. The molecule has 0 atom stereocenters. The van der Waals surface area contributed by atoms with E-state index in [0.29, 0.717) is 0 Å². The highest BCUT2D eigenvalue weighted by molar-refractivity contribution is 6.41. The van der Waals surface area contributed by atoms with Crippen molar-refractivity contribution < 1.29 is 28.5 Å². The zero-order valence-corrected chi connectivity index (χ0v) is 8.17. The van der Waals surface area contributed by atoms with Crippen molar-refractivity contribution in [2.24, 2.45) is 0 Å². The summed E-state index contributed by atoms with van der Waals surface area (Å²) in [6.45, 7) is 2.89. The van der Waals surface area contributed by atoms with E-state index in [1.807, 2.05) is 0 Å². The van der Waals surface area contributed by atoms with Crippen molar-refractivity contribution >= 4 is 17.6 Å². The van der Waals surface area contributed by atoms with E-state index in [4.69, 9.17) is 13.0 Å². The van der Waals surface area contributed by atoms with Crippen LogP contribution in [-0.2, 0) is 4.79 Å². The van der Waals surface area contributed by atoms with Gasteiger partial charge in [-0.05, 0) is 0 Å². The zero-order chi connectivity index (χ0) is 13.3. The minimum absolute atomic E-state index is 0.737. The van der Waals surface area contributed by atoms with E-state index in [-0.39, 0.29) is 0 Å². The van der Waals surface area contributed by atoms with Crippen molar-refractivity contribution in [2.45, 2.75) is 0 Å². The SMILES string of the molecule is [2H]c1c(F)c(F)c(OC(=O)C(=C)Cl)c(F)c1F. The molecule has 0 fully saturated rings. The third-order valence-corrected chi connectivity index (χ3v) is 1.57. The average molecular weight is 256 g/mol. The number of rotatable bonds is 2. The smallest absolute Gasteiger partial charge is 0.354 e. The van der Waals surface area contributed by atoms with Gasteiger partial charge in [0.05, 0.1) is 1.37 Å². The topological polar surface area (TPSA) is 26.3 Å². The molecular formula is C9H3ClF4O2. The molecule has 0 aliphatic rings. The first-order chi connectivity index (χ1) is 7.77. The normalized spacial score (nSPS) is 10.9. The standard InChI is InChI=1S/C9H3ClF4O2/c1-3(10)9(15)16-8-6(13)4(11)2-5(12)7(8)14/h2H,1H2/i2D. The molecule has 2 nitrogen and oxygen atoms in total. The molecule has 86 valence electrons. The van der Waals surface area contributed by atoms with Gasteiger partial charge >= 0.3 is 5.97 Å². The summed E-state index contributed by atoms with van der Waals surface area (Å²) >= 11 is 5.06. The quantitative estimate of drug-likeness (QED) is 0.267. The van der Waals surface area contributed by atoms with Gasteiger partial charge in [-0.2, -0.15) is 8.78 Å². The number of carbonyl (C=O) groups is 1. The second-order valence-electron chi connectivity index (χ2n) is 2.50. The van der Waals surface area contributed by atoms with Gasteiger partial charge in [-0.25, -0.2) is 13.6 Å². The Hall–Kier alpha value is -1.56. The Morgan fingerprint density at radius 1 is 1.31 bits per heavy atom. The minimum atomic E-state index is -2.00. The third-order valence-electron chi connectivity index (χ3n) is 1.42. The first-order valence-electron chi connectivity index (χ1n) is 4.16. The summed E-state index contributed by atoms with van der Waals surface area (Å²) in [6.07, 6.45) is 0. The molecule has 0 saturated heterocycles. The van der Waals surface area contributed by atoms with E-state index in [1.54, 1.807) is 0 Å². The number of carbonyl (C=O) groups excluding carboxylic acids is 1. The summed E-state index contributed by atoms with van der Waals surface area (Å²) in [7, 11) is 0. The van der Waals surface area contributed by atoms with Gasteiger partial charge in [0.2, 0.25) is 17.4 Å². The molecule has 0 heterocycles. The van der Waals surface area contributed by atoms with Crippen LogP contribution in [0.5, 0.6) is 5.75 Å². The van der Waals surface area contributed by atoms with E-state index in [0.717, 1.165) is 0 Å². The molecular weight excluding hydrogens is 252 g/mol. The maximum absolute atomic E-state index is 13.1. The average Bonchev–Trinajstić information content (AvgIpc) is 2.29. The van der Waals surface area contributed by atoms with E-state index in [9.17, 15) is 22.4 Å². The van der Waals surface area contributed by atoms with Crippen LogP contribution in [0.1, 0.15) is 1.37 Å². The van der Waals surface area contributed by atoms with Crippen LogP contribution in [0.3, 0.4) is 0 Å². The molecule has 0 spiro atoms. The number of esters is 1. The molecule has 0 saturated carbocycles. The first-order valence-corrected chi connectivity index (χ1v) is 4.04. The van der Waals surface area contributed by atoms with Gasteiger partial charge in [0.25, 0.3) is 0 Å². The van der Waals surface area contributed by atoms with Gasteiger partial charge in [-0.3, -0.25) is 0 Å². The molecule has 0 radical (unpaired) electrons. The van der Waals surface area contributed by atoms with E-state index >= 15 is 0 Å². The van der Waals surface area contributed by atoms with Crippen molar-refractivity contribution in [3.8, 4) is 5.75 Å². The fraction of sp³-hybridized carbons (Fsp3) is 0. The van der Waals surface area contributed by atoms with Crippen LogP contribution in [0, 0.1) is 23.3 Å². The number of benzene rings is 1.